The lowest BCUT2D eigenvalue weighted by atomic mass is 10.2. The summed E-state index contributed by atoms with van der Waals surface area (Å²) in [6.45, 7) is 4.47. The number of rotatable bonds is 4. The molecule has 0 spiro atoms. The topological polar surface area (TPSA) is 55.0 Å². The number of nitrogens with zero attached hydrogens (tertiary/aromatic N) is 3. The third-order valence-corrected chi connectivity index (χ3v) is 3.83. The van der Waals surface area contributed by atoms with E-state index in [2.05, 4.69) is 9.97 Å². The largest absolute Gasteiger partial charge is 0.383 e. The number of hydrogen-bond donors (Lipinski definition) is 1. The molecule has 1 heterocycles. The molecule has 1 fully saturated rings. The Bertz CT molecular complexity index is 667. The van der Waals surface area contributed by atoms with E-state index in [4.69, 9.17) is 5.73 Å². The van der Waals surface area contributed by atoms with Crippen molar-refractivity contribution in [2.75, 3.05) is 17.2 Å². The zero-order valence-electron chi connectivity index (χ0n) is 12.3. The van der Waals surface area contributed by atoms with Crippen LogP contribution in [0.25, 0.3) is 0 Å². The van der Waals surface area contributed by atoms with E-state index in [1.807, 2.05) is 24.8 Å². The van der Waals surface area contributed by atoms with Gasteiger partial charge in [0.05, 0.1) is 5.69 Å². The van der Waals surface area contributed by atoms with Gasteiger partial charge in [-0.15, -0.1) is 0 Å². The lowest BCUT2D eigenvalue weighted by Gasteiger charge is -2.25. The number of para-hydroxylation sites is 1. The molecule has 0 amide bonds. The van der Waals surface area contributed by atoms with Gasteiger partial charge in [-0.3, -0.25) is 0 Å². The third-order valence-electron chi connectivity index (χ3n) is 3.83. The second-order valence-corrected chi connectivity index (χ2v) is 5.39. The molecule has 5 heteroatoms. The summed E-state index contributed by atoms with van der Waals surface area (Å²) < 4.78 is 14.1. The van der Waals surface area contributed by atoms with Crippen molar-refractivity contribution in [2.24, 2.45) is 0 Å². The fourth-order valence-electron chi connectivity index (χ4n) is 2.43. The predicted molar refractivity (Wildman–Crippen MR) is 82.2 cm³/mol. The Morgan fingerprint density at radius 1 is 1.29 bits per heavy atom. The summed E-state index contributed by atoms with van der Waals surface area (Å²) in [4.78, 5) is 10.9. The summed E-state index contributed by atoms with van der Waals surface area (Å²) in [5.41, 5.74) is 7.34. The molecule has 0 aliphatic heterocycles. The van der Waals surface area contributed by atoms with Gasteiger partial charge in [-0.1, -0.05) is 12.1 Å². The number of halogens is 1. The molecule has 0 atom stereocenters. The molecule has 0 unspecified atom stereocenters. The maximum atomic E-state index is 14.1. The van der Waals surface area contributed by atoms with Gasteiger partial charge >= 0.3 is 0 Å². The van der Waals surface area contributed by atoms with Crippen LogP contribution in [0.4, 0.5) is 21.7 Å². The fourth-order valence-corrected chi connectivity index (χ4v) is 2.43. The van der Waals surface area contributed by atoms with Crippen molar-refractivity contribution >= 4 is 17.3 Å². The van der Waals surface area contributed by atoms with Gasteiger partial charge in [-0.05, 0) is 38.8 Å². The van der Waals surface area contributed by atoms with Gasteiger partial charge in [0.15, 0.2) is 0 Å². The molecule has 0 bridgehead atoms. The summed E-state index contributed by atoms with van der Waals surface area (Å²) in [6.07, 6.45) is 2.21. The highest BCUT2D eigenvalue weighted by Crippen LogP contribution is 2.40. The van der Waals surface area contributed by atoms with Crippen molar-refractivity contribution in [3.05, 3.63) is 41.5 Å². The van der Waals surface area contributed by atoms with E-state index in [9.17, 15) is 4.39 Å². The second-order valence-electron chi connectivity index (χ2n) is 5.39. The molecule has 0 radical (unpaired) electrons. The van der Waals surface area contributed by atoms with Crippen molar-refractivity contribution in [1.29, 1.82) is 0 Å². The molecule has 1 aromatic carbocycles. The lowest BCUT2D eigenvalue weighted by Crippen LogP contribution is -2.21. The van der Waals surface area contributed by atoms with E-state index in [1.165, 1.54) is 6.07 Å². The van der Waals surface area contributed by atoms with Gasteiger partial charge in [0.25, 0.3) is 0 Å². The quantitative estimate of drug-likeness (QED) is 0.934. The number of benzene rings is 1. The first kappa shape index (κ1) is 13.8. The van der Waals surface area contributed by atoms with Crippen LogP contribution in [0.5, 0.6) is 0 Å². The second kappa shape index (κ2) is 5.31. The van der Waals surface area contributed by atoms with E-state index in [-0.39, 0.29) is 5.82 Å². The van der Waals surface area contributed by atoms with Gasteiger partial charge in [0.1, 0.15) is 23.3 Å². The van der Waals surface area contributed by atoms with Gasteiger partial charge in [0.2, 0.25) is 0 Å². The van der Waals surface area contributed by atoms with Crippen LogP contribution in [0.3, 0.4) is 0 Å². The highest BCUT2D eigenvalue weighted by molar-refractivity contribution is 5.67. The number of nitrogen functional groups attached to an aromatic ring is 1. The standard InChI is InChI=1S/C16H19FN4/c1-3-21(13-7-5-4-6-12(13)17)16-10(2)14(18)19-15(20-16)11-8-9-11/h4-7,11H,3,8-9H2,1-2H3,(H2,18,19,20). The van der Waals surface area contributed by atoms with Crippen LogP contribution in [0.2, 0.25) is 0 Å². The zero-order chi connectivity index (χ0) is 15.0. The Kier molecular flexibility index (Phi) is 3.49. The van der Waals surface area contributed by atoms with Crippen LogP contribution in [0, 0.1) is 12.7 Å². The van der Waals surface area contributed by atoms with Gasteiger partial charge in [-0.2, -0.15) is 0 Å². The van der Waals surface area contributed by atoms with E-state index in [0.717, 1.165) is 24.2 Å². The Morgan fingerprint density at radius 3 is 2.62 bits per heavy atom. The first-order valence-corrected chi connectivity index (χ1v) is 7.28. The maximum absolute atomic E-state index is 14.1. The molecule has 1 aliphatic rings. The maximum Gasteiger partial charge on any atom is 0.146 e. The van der Waals surface area contributed by atoms with Crippen LogP contribution in [0.1, 0.15) is 37.1 Å². The molecule has 4 nitrogen and oxygen atoms in total. The Morgan fingerprint density at radius 2 is 2.00 bits per heavy atom. The van der Waals surface area contributed by atoms with E-state index >= 15 is 0 Å². The van der Waals surface area contributed by atoms with Gasteiger partial charge < -0.3 is 10.6 Å². The van der Waals surface area contributed by atoms with Crippen LogP contribution in [-0.4, -0.2) is 16.5 Å². The van der Waals surface area contributed by atoms with E-state index < -0.39 is 0 Å². The minimum Gasteiger partial charge on any atom is -0.383 e. The minimum absolute atomic E-state index is 0.260. The molecule has 1 aliphatic carbocycles. The minimum atomic E-state index is -0.260. The smallest absolute Gasteiger partial charge is 0.146 e. The highest BCUT2D eigenvalue weighted by atomic mass is 19.1. The number of hydrogen-bond acceptors (Lipinski definition) is 4. The summed E-state index contributed by atoms with van der Waals surface area (Å²) >= 11 is 0. The zero-order valence-corrected chi connectivity index (χ0v) is 12.3. The predicted octanol–water partition coefficient (Wildman–Crippen LogP) is 3.54. The van der Waals surface area contributed by atoms with Crippen molar-refractivity contribution in [3.63, 3.8) is 0 Å². The monoisotopic (exact) mass is 286 g/mol. The molecule has 2 aromatic rings. The van der Waals surface area contributed by atoms with Crippen molar-refractivity contribution in [1.82, 2.24) is 9.97 Å². The normalized spacial score (nSPS) is 14.2. The third kappa shape index (κ3) is 2.55. The molecule has 21 heavy (non-hydrogen) atoms. The SMILES string of the molecule is CCN(c1ccccc1F)c1nc(C2CC2)nc(N)c1C. The van der Waals surface area contributed by atoms with Crippen LogP contribution >= 0.6 is 0 Å². The molecular formula is C16H19FN4. The Balaban J connectivity index is 2.10. The van der Waals surface area contributed by atoms with Gasteiger partial charge in [-0.25, -0.2) is 14.4 Å². The highest BCUT2D eigenvalue weighted by Gasteiger charge is 2.29. The number of nitrogens with two attached hydrogens (primary N) is 1. The summed E-state index contributed by atoms with van der Waals surface area (Å²) in [5, 5.41) is 0. The molecule has 1 saturated carbocycles. The summed E-state index contributed by atoms with van der Waals surface area (Å²) in [5.74, 6) is 2.12. The summed E-state index contributed by atoms with van der Waals surface area (Å²) in [7, 11) is 0. The Hall–Kier alpha value is -2.17. The summed E-state index contributed by atoms with van der Waals surface area (Å²) in [6, 6.07) is 6.72. The van der Waals surface area contributed by atoms with Crippen LogP contribution in [0.15, 0.2) is 24.3 Å². The molecular weight excluding hydrogens is 267 g/mol. The average molecular weight is 286 g/mol. The van der Waals surface area contributed by atoms with Crippen LogP contribution < -0.4 is 10.6 Å². The molecule has 2 N–H and O–H groups in total. The average Bonchev–Trinajstić information content (AvgIpc) is 3.30. The fraction of sp³-hybridized carbons (Fsp3) is 0.375. The number of aromatic nitrogens is 2. The lowest BCUT2D eigenvalue weighted by molar-refractivity contribution is 0.625. The van der Waals surface area contributed by atoms with E-state index in [1.54, 1.807) is 12.1 Å². The molecule has 3 rings (SSSR count). The first-order chi connectivity index (χ1) is 10.1. The van der Waals surface area contributed by atoms with Gasteiger partial charge in [0, 0.05) is 18.0 Å². The first-order valence-electron chi connectivity index (χ1n) is 7.28. The molecule has 110 valence electrons. The molecule has 0 saturated heterocycles. The van der Waals surface area contributed by atoms with Crippen molar-refractivity contribution in [2.45, 2.75) is 32.6 Å². The van der Waals surface area contributed by atoms with E-state index in [0.29, 0.717) is 29.8 Å². The van der Waals surface area contributed by atoms with Crippen molar-refractivity contribution < 1.29 is 4.39 Å². The Labute approximate surface area is 123 Å². The van der Waals surface area contributed by atoms with Crippen molar-refractivity contribution in [3.8, 4) is 0 Å². The molecule has 1 aromatic heterocycles. The number of anilines is 3. The van der Waals surface area contributed by atoms with Crippen LogP contribution in [-0.2, 0) is 0 Å².